The Morgan fingerprint density at radius 2 is 1.79 bits per heavy atom. The van der Waals surface area contributed by atoms with Crippen LogP contribution in [0.3, 0.4) is 0 Å². The van der Waals surface area contributed by atoms with E-state index in [4.69, 9.17) is 9.15 Å². The molecule has 3 aromatic carbocycles. The third-order valence-electron chi connectivity index (χ3n) is 7.71. The first-order valence-electron chi connectivity index (χ1n) is 13.5. The summed E-state index contributed by atoms with van der Waals surface area (Å²) in [6, 6.07) is 19.6. The molecule has 0 fully saturated rings. The van der Waals surface area contributed by atoms with Gasteiger partial charge >= 0.3 is 5.97 Å². The quantitative estimate of drug-likeness (QED) is 0.253. The van der Waals surface area contributed by atoms with E-state index >= 15 is 0 Å². The maximum Gasteiger partial charge on any atom is 0.350 e. The zero-order valence-corrected chi connectivity index (χ0v) is 23.7. The minimum atomic E-state index is -2.03. The number of anilines is 2. The molecule has 1 atom stereocenters. The van der Waals surface area contributed by atoms with Crippen molar-refractivity contribution in [2.24, 2.45) is 0 Å². The van der Waals surface area contributed by atoms with Crippen LogP contribution in [-0.4, -0.2) is 29.4 Å². The topological polar surface area (TPSA) is 110 Å². The number of halogens is 1. The van der Waals surface area contributed by atoms with Crippen LogP contribution in [0.1, 0.15) is 49.5 Å². The monoisotopic (exact) mass is 595 g/mol. The van der Waals surface area contributed by atoms with Crippen molar-refractivity contribution in [1.82, 2.24) is 4.98 Å². The number of para-hydroxylation sites is 1. The second kappa shape index (κ2) is 9.70. The van der Waals surface area contributed by atoms with Crippen LogP contribution in [0, 0.1) is 12.7 Å². The predicted octanol–water partition coefficient (Wildman–Crippen LogP) is 5.32. The smallest absolute Gasteiger partial charge is 0.350 e. The summed E-state index contributed by atoms with van der Waals surface area (Å²) in [7, 11) is 0. The minimum absolute atomic E-state index is 0.00194. The predicted molar refractivity (Wildman–Crippen MR) is 157 cm³/mol. The van der Waals surface area contributed by atoms with Crippen LogP contribution >= 0.6 is 11.3 Å². The van der Waals surface area contributed by atoms with E-state index in [1.165, 1.54) is 11.0 Å². The molecule has 0 bridgehead atoms. The van der Waals surface area contributed by atoms with Gasteiger partial charge in [-0.1, -0.05) is 59.9 Å². The highest BCUT2D eigenvalue weighted by Gasteiger charge is 2.66. The van der Waals surface area contributed by atoms with Gasteiger partial charge in [-0.3, -0.25) is 19.3 Å². The summed E-state index contributed by atoms with van der Waals surface area (Å²) in [6.07, 6.45) is 0. The summed E-state index contributed by atoms with van der Waals surface area (Å²) in [6.45, 7) is 3.55. The first-order chi connectivity index (χ1) is 20.8. The van der Waals surface area contributed by atoms with E-state index in [9.17, 15) is 23.6 Å². The van der Waals surface area contributed by atoms with Crippen LogP contribution in [-0.2, 0) is 21.6 Å². The van der Waals surface area contributed by atoms with Crippen molar-refractivity contribution in [3.63, 3.8) is 0 Å². The van der Waals surface area contributed by atoms with Gasteiger partial charge in [0.2, 0.25) is 5.76 Å². The Morgan fingerprint density at radius 1 is 1.05 bits per heavy atom. The van der Waals surface area contributed by atoms with Gasteiger partial charge in [0.1, 0.15) is 16.3 Å². The van der Waals surface area contributed by atoms with E-state index in [0.717, 1.165) is 33.9 Å². The molecule has 1 spiro atoms. The Labute approximate surface area is 247 Å². The number of ether oxygens (including phenoxy) is 1. The van der Waals surface area contributed by atoms with E-state index in [1.807, 2.05) is 30.3 Å². The molecule has 0 aliphatic carbocycles. The average Bonchev–Trinajstić information content (AvgIpc) is 3.59. The van der Waals surface area contributed by atoms with Crippen LogP contribution < -0.4 is 15.2 Å². The van der Waals surface area contributed by atoms with Crippen LogP contribution in [0.25, 0.3) is 11.0 Å². The van der Waals surface area contributed by atoms with Gasteiger partial charge in [-0.05, 0) is 43.7 Å². The Kier molecular flexibility index (Phi) is 6.03. The molecule has 0 saturated carbocycles. The summed E-state index contributed by atoms with van der Waals surface area (Å²) in [5.41, 5.74) is -1.02. The fraction of sp³-hybridized carbons (Fsp3) is 0.156. The number of amides is 2. The number of nitrogens with zero attached hydrogens (tertiary/aromatic N) is 3. The highest BCUT2D eigenvalue weighted by Crippen LogP contribution is 2.55. The van der Waals surface area contributed by atoms with Gasteiger partial charge in [0.05, 0.1) is 35.5 Å². The molecule has 11 heteroatoms. The minimum Gasteiger partial charge on any atom is -0.462 e. The summed E-state index contributed by atoms with van der Waals surface area (Å²) >= 11 is 0.879. The number of hydrogen-bond donors (Lipinski definition) is 0. The first kappa shape index (κ1) is 26.7. The molecule has 9 nitrogen and oxygen atoms in total. The number of aromatic nitrogens is 1. The number of rotatable bonds is 5. The van der Waals surface area contributed by atoms with Crippen molar-refractivity contribution < 1.29 is 27.9 Å². The Morgan fingerprint density at radius 3 is 2.56 bits per heavy atom. The maximum atomic E-state index is 14.9. The van der Waals surface area contributed by atoms with Crippen LogP contribution in [0.2, 0.25) is 0 Å². The van der Waals surface area contributed by atoms with Crippen molar-refractivity contribution in [2.75, 3.05) is 16.4 Å². The van der Waals surface area contributed by atoms with Crippen molar-refractivity contribution in [1.29, 1.82) is 0 Å². The molecular weight excluding hydrogens is 573 g/mol. The molecule has 2 aliphatic rings. The molecule has 214 valence electrons. The van der Waals surface area contributed by atoms with Gasteiger partial charge in [0.25, 0.3) is 11.8 Å². The van der Waals surface area contributed by atoms with Crippen molar-refractivity contribution in [2.45, 2.75) is 25.9 Å². The SMILES string of the molecule is CCOC(=O)c1sc(N2C(=O)c3oc4ccc(F)cc4c(=O)c3C23C(=O)N(Cc2ccccc2)c2ccccc23)nc1C. The molecule has 2 aliphatic heterocycles. The number of thiazole rings is 1. The van der Waals surface area contributed by atoms with Gasteiger partial charge in [0.15, 0.2) is 16.1 Å². The molecular formula is C32H22FN3O6S. The maximum absolute atomic E-state index is 14.9. The number of carbonyl (C=O) groups is 3. The molecule has 7 rings (SSSR count). The zero-order valence-electron chi connectivity index (χ0n) is 22.9. The third kappa shape index (κ3) is 3.71. The standard InChI is InChI=1S/C32H22FN3O6S/c1-3-41-29(39)27-17(2)34-31(43-27)36-28(38)26-24(25(37)20-15-19(33)13-14-23(20)42-26)32(36)21-11-7-8-12-22(21)35(30(32)40)16-18-9-5-4-6-10-18/h4-15H,3,16H2,1-2H3. The fourth-order valence-corrected chi connectivity index (χ4v) is 6.93. The largest absolute Gasteiger partial charge is 0.462 e. The van der Waals surface area contributed by atoms with Gasteiger partial charge in [0, 0.05) is 5.56 Å². The molecule has 0 radical (unpaired) electrons. The van der Waals surface area contributed by atoms with Crippen molar-refractivity contribution in [3.05, 3.63) is 122 Å². The first-order valence-corrected chi connectivity index (χ1v) is 14.3. The Bertz CT molecular complexity index is 2060. The normalized spacial score (nSPS) is 17.2. The summed E-state index contributed by atoms with van der Waals surface area (Å²) in [5.74, 6) is -3.01. The van der Waals surface area contributed by atoms with Crippen LogP contribution in [0.5, 0.6) is 0 Å². The lowest BCUT2D eigenvalue weighted by atomic mass is 9.84. The molecule has 4 heterocycles. The number of aryl methyl sites for hydroxylation is 1. The molecule has 2 aromatic heterocycles. The number of benzene rings is 3. The molecule has 1 unspecified atom stereocenters. The molecule has 0 saturated heterocycles. The van der Waals surface area contributed by atoms with Crippen molar-refractivity contribution >= 4 is 50.9 Å². The molecule has 0 N–H and O–H groups in total. The highest BCUT2D eigenvalue weighted by molar-refractivity contribution is 7.17. The van der Waals surface area contributed by atoms with E-state index in [0.29, 0.717) is 16.9 Å². The highest BCUT2D eigenvalue weighted by atomic mass is 32.1. The van der Waals surface area contributed by atoms with Crippen LogP contribution in [0.15, 0.2) is 82.0 Å². The number of carbonyl (C=O) groups excluding carboxylic acids is 3. The lowest BCUT2D eigenvalue weighted by Crippen LogP contribution is -2.53. The van der Waals surface area contributed by atoms with Gasteiger partial charge in [-0.15, -0.1) is 0 Å². The van der Waals surface area contributed by atoms with E-state index in [1.54, 1.807) is 38.1 Å². The number of fused-ring (bicyclic) bond motifs is 5. The van der Waals surface area contributed by atoms with Gasteiger partial charge in [-0.25, -0.2) is 14.2 Å². The summed E-state index contributed by atoms with van der Waals surface area (Å²) in [4.78, 5) is 63.6. The van der Waals surface area contributed by atoms with E-state index in [-0.39, 0.29) is 45.5 Å². The lowest BCUT2D eigenvalue weighted by Gasteiger charge is -2.32. The van der Waals surface area contributed by atoms with Crippen molar-refractivity contribution in [3.8, 4) is 0 Å². The molecule has 5 aromatic rings. The molecule has 2 amide bonds. The summed E-state index contributed by atoms with van der Waals surface area (Å²) < 4.78 is 25.5. The number of esters is 1. The van der Waals surface area contributed by atoms with Gasteiger partial charge in [-0.2, -0.15) is 0 Å². The second-order valence-corrected chi connectivity index (χ2v) is 11.1. The van der Waals surface area contributed by atoms with Crippen LogP contribution in [0.4, 0.5) is 15.2 Å². The fourth-order valence-electron chi connectivity index (χ4n) is 5.92. The van der Waals surface area contributed by atoms with E-state index in [2.05, 4.69) is 4.98 Å². The Balaban J connectivity index is 1.55. The summed E-state index contributed by atoms with van der Waals surface area (Å²) in [5, 5.41) is -0.0987. The average molecular weight is 596 g/mol. The lowest BCUT2D eigenvalue weighted by molar-refractivity contribution is -0.121. The second-order valence-electron chi connectivity index (χ2n) is 10.2. The van der Waals surface area contributed by atoms with E-state index < -0.39 is 34.6 Å². The van der Waals surface area contributed by atoms with Gasteiger partial charge < -0.3 is 14.1 Å². The third-order valence-corrected chi connectivity index (χ3v) is 8.83. The Hall–Kier alpha value is -5.16. The number of hydrogen-bond acceptors (Lipinski definition) is 8. The molecule has 43 heavy (non-hydrogen) atoms. The zero-order chi connectivity index (χ0) is 30.0.